The van der Waals surface area contributed by atoms with E-state index >= 15 is 0 Å². The SMILES string of the molecule is B[PH](CC)(c1ccccc1)c1ccccc1. The molecule has 0 amide bonds. The van der Waals surface area contributed by atoms with Crippen LogP contribution in [0.1, 0.15) is 6.92 Å². The minimum absolute atomic E-state index is 1.25. The Kier molecular flexibility index (Phi) is 3.46. The zero-order valence-electron chi connectivity index (χ0n) is 9.98. The van der Waals surface area contributed by atoms with Gasteiger partial charge in [0.15, 0.2) is 0 Å². The molecule has 0 saturated heterocycles. The molecule has 2 rings (SSSR count). The number of rotatable bonds is 3. The van der Waals surface area contributed by atoms with E-state index in [1.54, 1.807) is 0 Å². The number of hydrogen-bond donors (Lipinski definition) is 0. The Morgan fingerprint density at radius 2 is 1.19 bits per heavy atom. The summed E-state index contributed by atoms with van der Waals surface area (Å²) in [7, 11) is 0.980. The summed E-state index contributed by atoms with van der Waals surface area (Å²) in [6.45, 7) is 2.31. The van der Waals surface area contributed by atoms with Gasteiger partial charge in [0.2, 0.25) is 0 Å². The summed E-state index contributed by atoms with van der Waals surface area (Å²) in [5.74, 6) is 0. The number of hydrogen-bond acceptors (Lipinski definition) is 0. The standard InChI is InChI=1S/C14H18BP/c1-2-16(15,13-9-5-3-6-10-13)14-11-7-4-8-12-14/h3-12,16H,2,15H2,1H3. The van der Waals surface area contributed by atoms with Crippen molar-refractivity contribution in [1.29, 1.82) is 0 Å². The zero-order chi connectivity index (χ0) is 11.4. The third-order valence-electron chi connectivity index (χ3n) is 3.53. The summed E-state index contributed by atoms with van der Waals surface area (Å²) in [4.78, 5) is 0. The van der Waals surface area contributed by atoms with E-state index in [9.17, 15) is 0 Å². The maximum absolute atomic E-state index is 2.46. The van der Waals surface area contributed by atoms with Crippen molar-refractivity contribution in [2.45, 2.75) is 6.92 Å². The summed E-state index contributed by atoms with van der Waals surface area (Å²) < 4.78 is 0. The van der Waals surface area contributed by atoms with Crippen LogP contribution in [-0.2, 0) is 0 Å². The van der Waals surface area contributed by atoms with Crippen LogP contribution in [0.4, 0.5) is 0 Å². The zero-order valence-corrected chi connectivity index (χ0v) is 11.0. The molecule has 0 aliphatic carbocycles. The first kappa shape index (κ1) is 11.4. The van der Waals surface area contributed by atoms with Crippen LogP contribution < -0.4 is 10.6 Å². The normalized spacial score (nSPS) is 12.3. The van der Waals surface area contributed by atoms with Crippen molar-refractivity contribution < 1.29 is 0 Å². The van der Waals surface area contributed by atoms with Crippen molar-refractivity contribution in [3.05, 3.63) is 60.7 Å². The summed E-state index contributed by atoms with van der Waals surface area (Å²) in [6, 6.07) is 21.9. The van der Waals surface area contributed by atoms with Gasteiger partial charge in [0.05, 0.1) is 0 Å². The van der Waals surface area contributed by atoms with Crippen LogP contribution in [0, 0.1) is 0 Å². The van der Waals surface area contributed by atoms with E-state index in [1.165, 1.54) is 16.8 Å². The van der Waals surface area contributed by atoms with Crippen LogP contribution in [0.15, 0.2) is 60.7 Å². The molecule has 0 heterocycles. The Bertz CT molecular complexity index is 399. The third kappa shape index (κ3) is 2.06. The Hall–Kier alpha value is -1.07. The van der Waals surface area contributed by atoms with Gasteiger partial charge in [0, 0.05) is 0 Å². The molecular weight excluding hydrogens is 210 g/mol. The van der Waals surface area contributed by atoms with Gasteiger partial charge in [-0.2, -0.15) is 0 Å². The maximum atomic E-state index is 2.46. The van der Waals surface area contributed by atoms with Gasteiger partial charge in [-0.25, -0.2) is 0 Å². The second-order valence-electron chi connectivity index (χ2n) is 4.42. The summed E-state index contributed by atoms with van der Waals surface area (Å²) >= 11 is 0. The molecule has 2 heteroatoms. The van der Waals surface area contributed by atoms with Crippen molar-refractivity contribution in [3.63, 3.8) is 0 Å². The van der Waals surface area contributed by atoms with E-state index in [0.717, 1.165) is 0 Å². The van der Waals surface area contributed by atoms with E-state index in [1.807, 2.05) is 0 Å². The van der Waals surface area contributed by atoms with Crippen molar-refractivity contribution in [2.75, 3.05) is 6.16 Å². The first-order chi connectivity index (χ1) is 7.77. The van der Waals surface area contributed by atoms with Crippen molar-refractivity contribution in [2.24, 2.45) is 0 Å². The fraction of sp³-hybridized carbons (Fsp3) is 0.143. The van der Waals surface area contributed by atoms with E-state index < -0.39 is 7.14 Å². The van der Waals surface area contributed by atoms with Gasteiger partial charge in [0.25, 0.3) is 0 Å². The summed E-state index contributed by atoms with van der Waals surface area (Å²) in [6.07, 6.45) is 1.25. The fourth-order valence-corrected chi connectivity index (χ4v) is 5.19. The quantitative estimate of drug-likeness (QED) is 0.556. The van der Waals surface area contributed by atoms with Crippen molar-refractivity contribution in [3.8, 4) is 0 Å². The molecule has 0 bridgehead atoms. The first-order valence-corrected chi connectivity index (χ1v) is 8.59. The van der Waals surface area contributed by atoms with Crippen LogP contribution in [0.2, 0.25) is 0 Å². The predicted octanol–water partition coefficient (Wildman–Crippen LogP) is 1.96. The van der Waals surface area contributed by atoms with Gasteiger partial charge in [-0.15, -0.1) is 0 Å². The molecule has 0 atom stereocenters. The van der Waals surface area contributed by atoms with Crippen molar-refractivity contribution in [1.82, 2.24) is 0 Å². The van der Waals surface area contributed by atoms with E-state index in [-0.39, 0.29) is 0 Å². The van der Waals surface area contributed by atoms with E-state index in [0.29, 0.717) is 0 Å². The molecule has 82 valence electrons. The van der Waals surface area contributed by atoms with Crippen LogP contribution in [-0.4, -0.2) is 13.7 Å². The molecular formula is C14H18BP. The summed E-state index contributed by atoms with van der Waals surface area (Å²) in [5.41, 5.74) is 0. The molecule has 16 heavy (non-hydrogen) atoms. The molecule has 2 aromatic rings. The summed E-state index contributed by atoms with van der Waals surface area (Å²) in [5, 5.41) is 3.06. The molecule has 0 aliphatic heterocycles. The Morgan fingerprint density at radius 3 is 1.50 bits per heavy atom. The Morgan fingerprint density at radius 1 is 0.812 bits per heavy atom. The molecule has 0 radical (unpaired) electrons. The monoisotopic (exact) mass is 228 g/mol. The molecule has 0 N–H and O–H groups in total. The van der Waals surface area contributed by atoms with E-state index in [4.69, 9.17) is 0 Å². The van der Waals surface area contributed by atoms with Gasteiger partial charge in [0.1, 0.15) is 0 Å². The van der Waals surface area contributed by atoms with Gasteiger partial charge in [-0.3, -0.25) is 0 Å². The molecule has 0 spiro atoms. The first-order valence-electron chi connectivity index (χ1n) is 5.88. The second-order valence-corrected chi connectivity index (χ2v) is 8.94. The molecule has 0 nitrogen and oxygen atoms in total. The van der Waals surface area contributed by atoms with Crippen LogP contribution in [0.3, 0.4) is 0 Å². The average Bonchev–Trinajstić information content (AvgIpc) is 2.40. The fourth-order valence-electron chi connectivity index (χ4n) is 2.19. The minimum atomic E-state index is -1.48. The third-order valence-corrected chi connectivity index (χ3v) is 8.16. The van der Waals surface area contributed by atoms with Gasteiger partial charge >= 0.3 is 99.1 Å². The topological polar surface area (TPSA) is 0 Å². The van der Waals surface area contributed by atoms with Gasteiger partial charge < -0.3 is 0 Å². The average molecular weight is 228 g/mol. The molecule has 0 fully saturated rings. The number of benzene rings is 2. The Balaban J connectivity index is 2.49. The molecule has 0 unspecified atom stereocenters. The van der Waals surface area contributed by atoms with Crippen LogP contribution >= 0.6 is 7.14 Å². The predicted molar refractivity (Wildman–Crippen MR) is 79.6 cm³/mol. The second kappa shape index (κ2) is 4.85. The van der Waals surface area contributed by atoms with Crippen LogP contribution in [0.25, 0.3) is 0 Å². The van der Waals surface area contributed by atoms with Crippen LogP contribution in [0.5, 0.6) is 0 Å². The molecule has 0 aromatic heterocycles. The van der Waals surface area contributed by atoms with Gasteiger partial charge in [-0.05, 0) is 0 Å². The Labute approximate surface area is 99.4 Å². The molecule has 0 saturated carbocycles. The van der Waals surface area contributed by atoms with Gasteiger partial charge in [-0.1, -0.05) is 0 Å². The van der Waals surface area contributed by atoms with Crippen molar-refractivity contribution >= 4 is 25.3 Å². The van der Waals surface area contributed by atoms with E-state index in [2.05, 4.69) is 75.2 Å². The molecule has 0 aliphatic rings. The molecule has 2 aromatic carbocycles.